The van der Waals surface area contributed by atoms with Crippen molar-refractivity contribution < 1.29 is 23.5 Å². The number of carbonyl (C=O) groups is 2. The Morgan fingerprint density at radius 2 is 1.85 bits per heavy atom. The minimum Gasteiger partial charge on any atom is -0.479 e. The van der Waals surface area contributed by atoms with E-state index >= 15 is 0 Å². The second kappa shape index (κ2) is 4.85. The van der Waals surface area contributed by atoms with E-state index in [4.69, 9.17) is 5.11 Å². The molecule has 20 heavy (non-hydrogen) atoms. The van der Waals surface area contributed by atoms with Crippen molar-refractivity contribution in [3.63, 3.8) is 0 Å². The van der Waals surface area contributed by atoms with Crippen LogP contribution >= 0.6 is 0 Å². The van der Waals surface area contributed by atoms with Crippen LogP contribution in [0.25, 0.3) is 0 Å². The molecule has 1 N–H and O–H groups in total. The number of benzene rings is 1. The van der Waals surface area contributed by atoms with Gasteiger partial charge in [-0.1, -0.05) is 0 Å². The van der Waals surface area contributed by atoms with E-state index in [9.17, 15) is 18.4 Å². The molecular weight excluding hydrogens is 268 g/mol. The van der Waals surface area contributed by atoms with Gasteiger partial charge in [-0.15, -0.1) is 0 Å². The third-order valence-corrected chi connectivity index (χ3v) is 3.57. The number of carboxylic acid groups (broad SMARTS) is 1. The third kappa shape index (κ3) is 2.37. The Hall–Kier alpha value is -1.98. The maximum absolute atomic E-state index is 13.9. The van der Waals surface area contributed by atoms with Crippen LogP contribution in [0.5, 0.6) is 0 Å². The van der Waals surface area contributed by atoms with Gasteiger partial charge in [0.1, 0.15) is 5.82 Å². The molecule has 6 heteroatoms. The van der Waals surface area contributed by atoms with Gasteiger partial charge >= 0.3 is 5.97 Å². The van der Waals surface area contributed by atoms with Crippen LogP contribution in [0.1, 0.15) is 27.9 Å². The largest absolute Gasteiger partial charge is 0.479 e. The summed E-state index contributed by atoms with van der Waals surface area (Å²) in [5.41, 5.74) is -1.48. The van der Waals surface area contributed by atoms with Gasteiger partial charge in [0.05, 0.1) is 6.54 Å². The highest BCUT2D eigenvalue weighted by Gasteiger charge is 2.47. The monoisotopic (exact) mass is 283 g/mol. The Bertz CT molecular complexity index is 565. The van der Waals surface area contributed by atoms with Gasteiger partial charge in [0.15, 0.2) is 0 Å². The number of hydrogen-bond donors (Lipinski definition) is 1. The zero-order valence-electron chi connectivity index (χ0n) is 11.2. The van der Waals surface area contributed by atoms with Crippen LogP contribution in [-0.2, 0) is 4.79 Å². The standard InChI is InChI=1S/C14H15F2NO3/c1-8-5-10(6-9(2)11(8)15)12(18)17-4-3-14(16,7-17)13(19)20/h5-6H,3-4,7H2,1-2H3,(H,19,20). The predicted molar refractivity (Wildman–Crippen MR) is 67.9 cm³/mol. The average Bonchev–Trinajstić information content (AvgIpc) is 2.78. The lowest BCUT2D eigenvalue weighted by Crippen LogP contribution is -2.38. The molecule has 1 aromatic carbocycles. The van der Waals surface area contributed by atoms with Crippen LogP contribution in [0.4, 0.5) is 8.78 Å². The number of amides is 1. The van der Waals surface area contributed by atoms with Gasteiger partial charge in [-0.3, -0.25) is 4.79 Å². The number of aliphatic carboxylic acids is 1. The van der Waals surface area contributed by atoms with Gasteiger partial charge in [0.25, 0.3) is 5.91 Å². The Kier molecular flexibility index (Phi) is 3.50. The zero-order chi connectivity index (χ0) is 15.1. The van der Waals surface area contributed by atoms with E-state index in [1.165, 1.54) is 12.1 Å². The number of nitrogens with zero attached hydrogens (tertiary/aromatic N) is 1. The molecule has 1 fully saturated rings. The van der Waals surface area contributed by atoms with Crippen molar-refractivity contribution in [2.24, 2.45) is 0 Å². The first kappa shape index (κ1) is 14.4. The number of rotatable bonds is 2. The van der Waals surface area contributed by atoms with Crippen molar-refractivity contribution in [2.75, 3.05) is 13.1 Å². The molecule has 1 aliphatic rings. The van der Waals surface area contributed by atoms with Gasteiger partial charge < -0.3 is 10.0 Å². The van der Waals surface area contributed by atoms with Crippen LogP contribution < -0.4 is 0 Å². The summed E-state index contributed by atoms with van der Waals surface area (Å²) in [6, 6.07) is 2.79. The molecule has 0 aromatic heterocycles. The SMILES string of the molecule is Cc1cc(C(=O)N2CCC(F)(C(=O)O)C2)cc(C)c1F. The summed E-state index contributed by atoms with van der Waals surface area (Å²) in [4.78, 5) is 24.2. The molecule has 1 amide bonds. The smallest absolute Gasteiger partial charge is 0.343 e. The normalized spacial score (nSPS) is 22.1. The van der Waals surface area contributed by atoms with E-state index < -0.39 is 24.1 Å². The Balaban J connectivity index is 2.24. The maximum atomic E-state index is 13.9. The molecule has 1 heterocycles. The number of alkyl halides is 1. The first-order valence-corrected chi connectivity index (χ1v) is 6.23. The summed E-state index contributed by atoms with van der Waals surface area (Å²) in [5, 5.41) is 8.80. The molecule has 1 saturated heterocycles. The Morgan fingerprint density at radius 3 is 2.30 bits per heavy atom. The summed E-state index contributed by atoms with van der Waals surface area (Å²) in [7, 11) is 0. The number of aryl methyl sites for hydroxylation is 2. The lowest BCUT2D eigenvalue weighted by molar-refractivity contribution is -0.149. The molecule has 4 nitrogen and oxygen atoms in total. The van der Waals surface area contributed by atoms with Crippen molar-refractivity contribution in [2.45, 2.75) is 25.9 Å². The number of halogens is 2. The number of carbonyl (C=O) groups excluding carboxylic acids is 1. The first-order valence-electron chi connectivity index (χ1n) is 6.23. The highest BCUT2D eigenvalue weighted by atomic mass is 19.1. The van der Waals surface area contributed by atoms with Crippen LogP contribution in [0.3, 0.4) is 0 Å². The van der Waals surface area contributed by atoms with Gasteiger partial charge in [0, 0.05) is 18.5 Å². The minimum absolute atomic E-state index is 0.0388. The lowest BCUT2D eigenvalue weighted by Gasteiger charge is -2.18. The molecule has 0 saturated carbocycles. The van der Waals surface area contributed by atoms with E-state index in [1.807, 2.05) is 0 Å². The van der Waals surface area contributed by atoms with Crippen molar-refractivity contribution in [1.29, 1.82) is 0 Å². The van der Waals surface area contributed by atoms with E-state index in [0.29, 0.717) is 11.1 Å². The summed E-state index contributed by atoms with van der Waals surface area (Å²) in [5.74, 6) is -2.41. The molecule has 0 radical (unpaired) electrons. The van der Waals surface area contributed by atoms with Gasteiger partial charge in [-0.2, -0.15) is 0 Å². The van der Waals surface area contributed by atoms with Crippen LogP contribution in [0.2, 0.25) is 0 Å². The fraction of sp³-hybridized carbons (Fsp3) is 0.429. The molecule has 2 rings (SSSR count). The van der Waals surface area contributed by atoms with Crippen LogP contribution in [-0.4, -0.2) is 40.6 Å². The molecule has 1 aliphatic heterocycles. The summed E-state index contributed by atoms with van der Waals surface area (Å²) >= 11 is 0. The number of carboxylic acids is 1. The molecule has 1 unspecified atom stereocenters. The van der Waals surface area contributed by atoms with Gasteiger partial charge in [-0.05, 0) is 37.1 Å². The fourth-order valence-corrected chi connectivity index (χ4v) is 2.37. The predicted octanol–water partition coefficient (Wildman–Crippen LogP) is 2.08. The van der Waals surface area contributed by atoms with Crippen LogP contribution in [0, 0.1) is 19.7 Å². The van der Waals surface area contributed by atoms with Crippen molar-refractivity contribution in [3.8, 4) is 0 Å². The second-order valence-corrected chi connectivity index (χ2v) is 5.17. The van der Waals surface area contributed by atoms with Crippen molar-refractivity contribution in [1.82, 2.24) is 4.90 Å². The van der Waals surface area contributed by atoms with Crippen molar-refractivity contribution >= 4 is 11.9 Å². The van der Waals surface area contributed by atoms with Gasteiger partial charge in [0.2, 0.25) is 5.67 Å². The summed E-state index contributed by atoms with van der Waals surface area (Å²) in [6.45, 7) is 2.65. The summed E-state index contributed by atoms with van der Waals surface area (Å²) < 4.78 is 27.4. The average molecular weight is 283 g/mol. The third-order valence-electron chi connectivity index (χ3n) is 3.57. The number of hydrogen-bond acceptors (Lipinski definition) is 2. The molecule has 0 aliphatic carbocycles. The van der Waals surface area contributed by atoms with Gasteiger partial charge in [-0.25, -0.2) is 13.6 Å². The molecular formula is C14H15F2NO3. The molecule has 0 bridgehead atoms. The summed E-state index contributed by atoms with van der Waals surface area (Å²) in [6.07, 6.45) is -0.229. The number of likely N-dealkylation sites (tertiary alicyclic amines) is 1. The first-order chi connectivity index (χ1) is 9.24. The topological polar surface area (TPSA) is 57.6 Å². The highest BCUT2D eigenvalue weighted by molar-refractivity contribution is 5.95. The lowest BCUT2D eigenvalue weighted by atomic mass is 10.1. The van der Waals surface area contributed by atoms with Crippen molar-refractivity contribution in [3.05, 3.63) is 34.6 Å². The molecule has 1 aromatic rings. The quantitative estimate of drug-likeness (QED) is 0.904. The van der Waals surface area contributed by atoms with Crippen LogP contribution in [0.15, 0.2) is 12.1 Å². The zero-order valence-corrected chi connectivity index (χ0v) is 11.2. The maximum Gasteiger partial charge on any atom is 0.343 e. The van der Waals surface area contributed by atoms with E-state index in [2.05, 4.69) is 0 Å². The fourth-order valence-electron chi connectivity index (χ4n) is 2.37. The highest BCUT2D eigenvalue weighted by Crippen LogP contribution is 2.27. The Morgan fingerprint density at radius 1 is 1.30 bits per heavy atom. The molecule has 1 atom stereocenters. The van der Waals surface area contributed by atoms with E-state index in [0.717, 1.165) is 4.90 Å². The molecule has 0 spiro atoms. The minimum atomic E-state index is -2.39. The molecule has 108 valence electrons. The second-order valence-electron chi connectivity index (χ2n) is 5.17. The van der Waals surface area contributed by atoms with E-state index in [-0.39, 0.29) is 24.3 Å². The Labute approximate surface area is 115 Å². The van der Waals surface area contributed by atoms with E-state index in [1.54, 1.807) is 13.8 Å².